The Morgan fingerprint density at radius 1 is 1.30 bits per heavy atom. The summed E-state index contributed by atoms with van der Waals surface area (Å²) in [7, 11) is 0. The summed E-state index contributed by atoms with van der Waals surface area (Å²) in [6.45, 7) is 0. The molecule has 2 saturated carbocycles. The highest BCUT2D eigenvalue weighted by Gasteiger charge is 2.54. The third-order valence-corrected chi connectivity index (χ3v) is 3.28. The Kier molecular flexibility index (Phi) is 0.697. The summed E-state index contributed by atoms with van der Waals surface area (Å²) in [4.78, 5) is 11.2. The van der Waals surface area contributed by atoms with Gasteiger partial charge >= 0.3 is 0 Å². The van der Waals surface area contributed by atoms with Crippen LogP contribution in [0.4, 0.5) is 0 Å². The van der Waals surface area contributed by atoms with Gasteiger partial charge < -0.3 is 0 Å². The van der Waals surface area contributed by atoms with Gasteiger partial charge in [-0.25, -0.2) is 0 Å². The minimum Gasteiger partial charge on any atom is -0.299 e. The molecule has 4 atom stereocenters. The number of hydrogen-bond acceptors (Lipinski definition) is 1. The molecule has 0 unspecified atom stereocenters. The highest BCUT2D eigenvalue weighted by Crippen LogP contribution is 2.58. The molecule has 0 aromatic rings. The minimum absolute atomic E-state index is 0.343. The molecule has 0 N–H and O–H groups in total. The van der Waals surface area contributed by atoms with Crippen molar-refractivity contribution >= 4 is 5.78 Å². The maximum atomic E-state index is 11.2. The van der Waals surface area contributed by atoms with E-state index in [-0.39, 0.29) is 0 Å². The molecule has 0 radical (unpaired) electrons. The van der Waals surface area contributed by atoms with Crippen LogP contribution in [0.5, 0.6) is 0 Å². The number of carbonyl (C=O) groups is 1. The zero-order valence-electron chi connectivity index (χ0n) is 5.79. The van der Waals surface area contributed by atoms with Gasteiger partial charge in [-0.05, 0) is 24.2 Å². The Bertz CT molecular complexity index is 229. The lowest BCUT2D eigenvalue weighted by molar-refractivity contribution is -0.124. The van der Waals surface area contributed by atoms with Gasteiger partial charge in [0.25, 0.3) is 0 Å². The van der Waals surface area contributed by atoms with E-state index in [1.165, 1.54) is 6.42 Å². The van der Waals surface area contributed by atoms with Crippen molar-refractivity contribution in [2.24, 2.45) is 23.7 Å². The smallest absolute Gasteiger partial charge is 0.140 e. The first-order chi connectivity index (χ1) is 4.86. The molecule has 1 heteroatoms. The van der Waals surface area contributed by atoms with E-state index in [0.29, 0.717) is 17.6 Å². The zero-order valence-corrected chi connectivity index (χ0v) is 5.79. The lowest BCUT2D eigenvalue weighted by atomic mass is 9.75. The SMILES string of the molecule is O=C1C[C@H]2C=C[C@H]1[C@@H]1C[C@@H]12. The molecule has 0 aliphatic heterocycles. The van der Waals surface area contributed by atoms with E-state index >= 15 is 0 Å². The van der Waals surface area contributed by atoms with Crippen molar-refractivity contribution in [3.05, 3.63) is 12.2 Å². The third kappa shape index (κ3) is 0.437. The molecule has 4 aliphatic carbocycles. The number of hydrogen-bond donors (Lipinski definition) is 0. The Morgan fingerprint density at radius 3 is 2.80 bits per heavy atom. The molecule has 0 heterocycles. The average molecular weight is 134 g/mol. The fourth-order valence-corrected chi connectivity index (χ4v) is 2.62. The molecule has 52 valence electrons. The van der Waals surface area contributed by atoms with Crippen LogP contribution < -0.4 is 0 Å². The minimum atomic E-state index is 0.343. The van der Waals surface area contributed by atoms with Crippen molar-refractivity contribution in [1.29, 1.82) is 0 Å². The quantitative estimate of drug-likeness (QED) is 0.458. The van der Waals surface area contributed by atoms with Crippen LogP contribution in [-0.2, 0) is 4.79 Å². The summed E-state index contributed by atoms with van der Waals surface area (Å²) < 4.78 is 0. The number of allylic oxidation sites excluding steroid dienone is 2. The molecule has 0 spiro atoms. The van der Waals surface area contributed by atoms with Crippen LogP contribution in [0.1, 0.15) is 12.8 Å². The van der Waals surface area contributed by atoms with Gasteiger partial charge in [0.15, 0.2) is 0 Å². The summed E-state index contributed by atoms with van der Waals surface area (Å²) >= 11 is 0. The van der Waals surface area contributed by atoms with Gasteiger partial charge in [-0.2, -0.15) is 0 Å². The van der Waals surface area contributed by atoms with Gasteiger partial charge in [-0.1, -0.05) is 12.2 Å². The van der Waals surface area contributed by atoms with E-state index < -0.39 is 0 Å². The van der Waals surface area contributed by atoms with Crippen molar-refractivity contribution < 1.29 is 4.79 Å². The van der Waals surface area contributed by atoms with Crippen molar-refractivity contribution in [2.45, 2.75) is 12.8 Å². The second-order valence-electron chi connectivity index (χ2n) is 3.81. The Hall–Kier alpha value is -0.590. The van der Waals surface area contributed by atoms with E-state index in [4.69, 9.17) is 0 Å². The van der Waals surface area contributed by atoms with Crippen molar-refractivity contribution in [1.82, 2.24) is 0 Å². The monoisotopic (exact) mass is 134 g/mol. The first kappa shape index (κ1) is 5.11. The summed E-state index contributed by atoms with van der Waals surface area (Å²) in [6.07, 6.45) is 6.58. The lowest BCUT2D eigenvalue weighted by Gasteiger charge is -2.27. The number of ketones is 1. The Morgan fingerprint density at radius 2 is 2.20 bits per heavy atom. The number of fused-ring (bicyclic) bond motifs is 1. The largest absolute Gasteiger partial charge is 0.299 e. The van der Waals surface area contributed by atoms with Gasteiger partial charge in [-0.15, -0.1) is 0 Å². The molecule has 2 bridgehead atoms. The first-order valence-electron chi connectivity index (χ1n) is 4.07. The topological polar surface area (TPSA) is 17.1 Å². The van der Waals surface area contributed by atoms with Gasteiger partial charge in [-0.3, -0.25) is 4.79 Å². The van der Waals surface area contributed by atoms with Crippen LogP contribution in [0.15, 0.2) is 12.2 Å². The number of Topliss-reactive ketones (excluding diaryl/α,β-unsaturated/α-hetero) is 1. The molecular formula is C9H10O. The van der Waals surface area contributed by atoms with Crippen LogP contribution in [0.25, 0.3) is 0 Å². The summed E-state index contributed by atoms with van der Waals surface area (Å²) in [5, 5.41) is 0. The number of rotatable bonds is 0. The van der Waals surface area contributed by atoms with Crippen molar-refractivity contribution in [3.8, 4) is 0 Å². The predicted molar refractivity (Wildman–Crippen MR) is 37.3 cm³/mol. The van der Waals surface area contributed by atoms with Crippen LogP contribution in [0, 0.1) is 23.7 Å². The Balaban J connectivity index is 2.09. The van der Waals surface area contributed by atoms with E-state index in [2.05, 4.69) is 12.2 Å². The van der Waals surface area contributed by atoms with Crippen molar-refractivity contribution in [3.63, 3.8) is 0 Å². The zero-order chi connectivity index (χ0) is 6.72. The van der Waals surface area contributed by atoms with E-state index in [1.54, 1.807) is 0 Å². The highest BCUT2D eigenvalue weighted by atomic mass is 16.1. The molecule has 0 aromatic heterocycles. The number of carbonyl (C=O) groups excluding carboxylic acids is 1. The normalized spacial score (nSPS) is 55.0. The molecule has 0 amide bonds. The molecule has 0 aromatic carbocycles. The summed E-state index contributed by atoms with van der Waals surface area (Å²) in [6, 6.07) is 0. The molecular weight excluding hydrogens is 124 g/mol. The lowest BCUT2D eigenvalue weighted by Crippen LogP contribution is -2.29. The maximum Gasteiger partial charge on any atom is 0.140 e. The van der Waals surface area contributed by atoms with Crippen molar-refractivity contribution in [2.75, 3.05) is 0 Å². The highest BCUT2D eigenvalue weighted by molar-refractivity contribution is 5.86. The van der Waals surface area contributed by atoms with Crippen LogP contribution >= 0.6 is 0 Å². The molecule has 2 fully saturated rings. The third-order valence-electron chi connectivity index (χ3n) is 3.28. The Labute approximate surface area is 60.1 Å². The molecule has 4 rings (SSSR count). The molecule has 10 heavy (non-hydrogen) atoms. The second-order valence-corrected chi connectivity index (χ2v) is 3.81. The van der Waals surface area contributed by atoms with Gasteiger partial charge in [0.2, 0.25) is 0 Å². The standard InChI is InChI=1S/C9H10O/c10-9-3-5-1-2-6(9)8-4-7(5)8/h1-2,5-8H,3-4H2/t5-,6+,7-,8+/m1/s1. The predicted octanol–water partition coefficient (Wildman–Crippen LogP) is 1.40. The van der Waals surface area contributed by atoms with Crippen LogP contribution in [0.3, 0.4) is 0 Å². The van der Waals surface area contributed by atoms with Gasteiger partial charge in [0, 0.05) is 12.3 Å². The van der Waals surface area contributed by atoms with E-state index in [1.807, 2.05) is 0 Å². The van der Waals surface area contributed by atoms with Crippen LogP contribution in [0.2, 0.25) is 0 Å². The molecule has 1 nitrogen and oxygen atoms in total. The fraction of sp³-hybridized carbons (Fsp3) is 0.667. The van der Waals surface area contributed by atoms with Gasteiger partial charge in [0.1, 0.15) is 5.78 Å². The van der Waals surface area contributed by atoms with Crippen LogP contribution in [-0.4, -0.2) is 5.78 Å². The summed E-state index contributed by atoms with van der Waals surface area (Å²) in [5.41, 5.74) is 0. The maximum absolute atomic E-state index is 11.2. The van der Waals surface area contributed by atoms with E-state index in [0.717, 1.165) is 18.3 Å². The first-order valence-corrected chi connectivity index (χ1v) is 4.07. The molecule has 4 aliphatic rings. The summed E-state index contributed by atoms with van der Waals surface area (Å²) in [5.74, 6) is 3.17. The fourth-order valence-electron chi connectivity index (χ4n) is 2.62. The molecule has 0 saturated heterocycles. The second kappa shape index (κ2) is 1.36. The average Bonchev–Trinajstić information content (AvgIpc) is 2.66. The van der Waals surface area contributed by atoms with E-state index in [9.17, 15) is 4.79 Å². The van der Waals surface area contributed by atoms with Gasteiger partial charge in [0.05, 0.1) is 0 Å².